The number of halogens is 2. The molecule has 0 spiro atoms. The Balaban J connectivity index is 2.29. The van der Waals surface area contributed by atoms with Gasteiger partial charge in [-0.25, -0.2) is 4.79 Å². The molecule has 6 nitrogen and oxygen atoms in total. The van der Waals surface area contributed by atoms with Crippen LogP contribution in [0, 0.1) is 0 Å². The highest BCUT2D eigenvalue weighted by Crippen LogP contribution is 2.52. The normalized spacial score (nSPS) is 10.7. The SMILES string of the molecule is CCCOc1c(OCCC)c(OC(=O)c2cccc(Br)c2)c2cc(Cl)ccc2c1OC(C)=O. The van der Waals surface area contributed by atoms with Crippen molar-refractivity contribution in [2.75, 3.05) is 13.2 Å². The van der Waals surface area contributed by atoms with Crippen molar-refractivity contribution in [3.63, 3.8) is 0 Å². The first-order chi connectivity index (χ1) is 15.8. The fourth-order valence-electron chi connectivity index (χ4n) is 3.14. The molecule has 0 saturated heterocycles. The summed E-state index contributed by atoms with van der Waals surface area (Å²) in [6, 6.07) is 11.8. The van der Waals surface area contributed by atoms with Crippen molar-refractivity contribution < 1.29 is 28.5 Å². The predicted molar refractivity (Wildman–Crippen MR) is 131 cm³/mol. The van der Waals surface area contributed by atoms with Gasteiger partial charge in [0.05, 0.1) is 18.8 Å². The van der Waals surface area contributed by atoms with Crippen molar-refractivity contribution in [1.82, 2.24) is 0 Å². The van der Waals surface area contributed by atoms with Gasteiger partial charge in [-0.2, -0.15) is 0 Å². The van der Waals surface area contributed by atoms with E-state index in [1.165, 1.54) is 6.92 Å². The fourth-order valence-corrected chi connectivity index (χ4v) is 3.71. The fraction of sp³-hybridized carbons (Fsp3) is 0.280. The van der Waals surface area contributed by atoms with Gasteiger partial charge in [0.15, 0.2) is 11.5 Å². The van der Waals surface area contributed by atoms with Gasteiger partial charge in [-0.1, -0.05) is 47.4 Å². The van der Waals surface area contributed by atoms with E-state index in [4.69, 9.17) is 30.5 Å². The highest BCUT2D eigenvalue weighted by Gasteiger charge is 2.28. The van der Waals surface area contributed by atoms with Crippen LogP contribution in [0.25, 0.3) is 10.8 Å². The molecule has 8 heteroatoms. The van der Waals surface area contributed by atoms with E-state index in [2.05, 4.69) is 15.9 Å². The Hall–Kier alpha value is -2.77. The Labute approximate surface area is 205 Å². The van der Waals surface area contributed by atoms with Crippen LogP contribution >= 0.6 is 27.5 Å². The third-order valence-electron chi connectivity index (χ3n) is 4.49. The topological polar surface area (TPSA) is 71.1 Å². The first-order valence-corrected chi connectivity index (χ1v) is 11.7. The first-order valence-electron chi connectivity index (χ1n) is 10.6. The number of hydrogen-bond donors (Lipinski definition) is 0. The third kappa shape index (κ3) is 5.97. The average molecular weight is 536 g/mol. The highest BCUT2D eigenvalue weighted by atomic mass is 79.9. The quantitative estimate of drug-likeness (QED) is 0.217. The molecule has 0 bridgehead atoms. The summed E-state index contributed by atoms with van der Waals surface area (Å²) in [4.78, 5) is 25.0. The zero-order chi connectivity index (χ0) is 24.0. The highest BCUT2D eigenvalue weighted by molar-refractivity contribution is 9.10. The van der Waals surface area contributed by atoms with E-state index in [1.807, 2.05) is 19.9 Å². The van der Waals surface area contributed by atoms with Crippen molar-refractivity contribution in [1.29, 1.82) is 0 Å². The van der Waals surface area contributed by atoms with E-state index in [9.17, 15) is 9.59 Å². The van der Waals surface area contributed by atoms with Crippen LogP contribution in [0.15, 0.2) is 46.9 Å². The van der Waals surface area contributed by atoms with E-state index in [-0.39, 0.29) is 23.0 Å². The van der Waals surface area contributed by atoms with Crippen molar-refractivity contribution in [2.45, 2.75) is 33.6 Å². The second-order valence-corrected chi connectivity index (χ2v) is 8.55. The number of rotatable bonds is 9. The number of carbonyl (C=O) groups excluding carboxylic acids is 2. The second kappa shape index (κ2) is 11.4. The van der Waals surface area contributed by atoms with Crippen LogP contribution in [-0.2, 0) is 4.79 Å². The van der Waals surface area contributed by atoms with Gasteiger partial charge in [0.1, 0.15) is 0 Å². The minimum absolute atomic E-state index is 0.146. The molecule has 3 aromatic carbocycles. The third-order valence-corrected chi connectivity index (χ3v) is 5.22. The largest absolute Gasteiger partial charge is 0.486 e. The standard InChI is InChI=1S/C25H24BrClO6/c1-4-11-30-23-21(32-15(3)28)19-10-9-18(27)14-20(19)22(24(23)31-12-5-2)33-25(29)16-7-6-8-17(26)13-16/h6-10,13-14H,4-5,11-12H2,1-3H3. The van der Waals surface area contributed by atoms with Crippen molar-refractivity contribution in [2.24, 2.45) is 0 Å². The number of benzene rings is 3. The maximum atomic E-state index is 13.1. The molecule has 0 unspecified atom stereocenters. The number of hydrogen-bond acceptors (Lipinski definition) is 6. The number of fused-ring (bicyclic) bond motifs is 1. The molecule has 0 aliphatic heterocycles. The van der Waals surface area contributed by atoms with Crippen molar-refractivity contribution >= 4 is 50.2 Å². The smallest absolute Gasteiger partial charge is 0.343 e. The van der Waals surface area contributed by atoms with Gasteiger partial charge in [0.2, 0.25) is 11.5 Å². The lowest BCUT2D eigenvalue weighted by molar-refractivity contribution is -0.131. The van der Waals surface area contributed by atoms with Crippen LogP contribution in [-0.4, -0.2) is 25.2 Å². The zero-order valence-electron chi connectivity index (χ0n) is 18.6. The van der Waals surface area contributed by atoms with E-state index >= 15 is 0 Å². The van der Waals surface area contributed by atoms with Crippen molar-refractivity contribution in [3.05, 3.63) is 57.5 Å². The van der Waals surface area contributed by atoms with Gasteiger partial charge in [-0.15, -0.1) is 0 Å². The summed E-state index contributed by atoms with van der Waals surface area (Å²) in [7, 11) is 0. The molecule has 0 amide bonds. The zero-order valence-corrected chi connectivity index (χ0v) is 20.9. The summed E-state index contributed by atoms with van der Waals surface area (Å²) in [5.41, 5.74) is 0.348. The molecule has 3 rings (SSSR count). The lowest BCUT2D eigenvalue weighted by Crippen LogP contribution is -2.13. The lowest BCUT2D eigenvalue weighted by atomic mass is 10.1. The molecule has 0 saturated carbocycles. The molecular weight excluding hydrogens is 512 g/mol. The van der Waals surface area contributed by atoms with E-state index in [0.717, 1.165) is 4.47 Å². The van der Waals surface area contributed by atoms with Crippen LogP contribution in [0.1, 0.15) is 44.0 Å². The van der Waals surface area contributed by atoms with Gasteiger partial charge in [0.25, 0.3) is 0 Å². The molecule has 0 fully saturated rings. The second-order valence-electron chi connectivity index (χ2n) is 7.20. The maximum Gasteiger partial charge on any atom is 0.343 e. The molecule has 0 N–H and O–H groups in total. The lowest BCUT2D eigenvalue weighted by Gasteiger charge is -2.21. The molecule has 0 atom stereocenters. The Morgan fingerprint density at radius 2 is 1.48 bits per heavy atom. The monoisotopic (exact) mass is 534 g/mol. The van der Waals surface area contributed by atoms with Crippen LogP contribution in [0.5, 0.6) is 23.0 Å². The van der Waals surface area contributed by atoms with E-state index in [0.29, 0.717) is 47.4 Å². The summed E-state index contributed by atoms with van der Waals surface area (Å²) in [6.07, 6.45) is 1.40. The van der Waals surface area contributed by atoms with Gasteiger partial charge in [-0.3, -0.25) is 4.79 Å². The van der Waals surface area contributed by atoms with Crippen LogP contribution in [0.2, 0.25) is 5.02 Å². The molecular formula is C25H24BrClO6. The Bertz CT molecular complexity index is 1180. The summed E-state index contributed by atoms with van der Waals surface area (Å²) >= 11 is 9.64. The minimum Gasteiger partial charge on any atom is -0.486 e. The summed E-state index contributed by atoms with van der Waals surface area (Å²) in [5.74, 6) is -0.385. The summed E-state index contributed by atoms with van der Waals surface area (Å²) in [5, 5.41) is 1.37. The van der Waals surface area contributed by atoms with Gasteiger partial charge in [-0.05, 0) is 49.2 Å². The van der Waals surface area contributed by atoms with Crippen molar-refractivity contribution in [3.8, 4) is 23.0 Å². The summed E-state index contributed by atoms with van der Waals surface area (Å²) < 4.78 is 24.1. The molecule has 0 heterocycles. The Morgan fingerprint density at radius 1 is 0.848 bits per heavy atom. The van der Waals surface area contributed by atoms with Crippen LogP contribution in [0.4, 0.5) is 0 Å². The number of esters is 2. The average Bonchev–Trinajstić information content (AvgIpc) is 2.78. The number of carbonyl (C=O) groups is 2. The first kappa shape index (κ1) is 24.9. The Kier molecular flexibility index (Phi) is 8.58. The maximum absolute atomic E-state index is 13.1. The molecule has 0 aliphatic rings. The van der Waals surface area contributed by atoms with Gasteiger partial charge < -0.3 is 18.9 Å². The van der Waals surface area contributed by atoms with E-state index in [1.54, 1.807) is 36.4 Å². The molecule has 0 aliphatic carbocycles. The molecule has 0 radical (unpaired) electrons. The minimum atomic E-state index is -0.583. The molecule has 0 aromatic heterocycles. The van der Waals surface area contributed by atoms with Gasteiger partial charge in [0, 0.05) is 27.2 Å². The molecule has 33 heavy (non-hydrogen) atoms. The summed E-state index contributed by atoms with van der Waals surface area (Å²) in [6.45, 7) is 5.88. The van der Waals surface area contributed by atoms with E-state index < -0.39 is 11.9 Å². The van der Waals surface area contributed by atoms with Crippen LogP contribution in [0.3, 0.4) is 0 Å². The molecule has 174 valence electrons. The number of ether oxygens (including phenoxy) is 4. The Morgan fingerprint density at radius 3 is 2.06 bits per heavy atom. The molecule has 3 aromatic rings. The van der Waals surface area contributed by atoms with Gasteiger partial charge >= 0.3 is 11.9 Å². The van der Waals surface area contributed by atoms with Crippen LogP contribution < -0.4 is 18.9 Å². The predicted octanol–water partition coefficient (Wildman–Crippen LogP) is 6.98.